The van der Waals surface area contributed by atoms with Gasteiger partial charge in [0.05, 0.1) is 11.0 Å². The normalized spacial score (nSPS) is 14.4. The van der Waals surface area contributed by atoms with E-state index in [-0.39, 0.29) is 33.8 Å². The van der Waals surface area contributed by atoms with E-state index >= 15 is 0 Å². The van der Waals surface area contributed by atoms with Gasteiger partial charge in [-0.1, -0.05) is 187 Å². The first-order chi connectivity index (χ1) is 33.5. The van der Waals surface area contributed by atoms with Crippen LogP contribution in [0.2, 0.25) is 0 Å². The molecule has 2 aliphatic rings. The lowest BCUT2D eigenvalue weighted by molar-refractivity contribution is 0.583. The first kappa shape index (κ1) is 46.6. The van der Waals surface area contributed by atoms with Gasteiger partial charge in [-0.05, 0) is 151 Å². The number of rotatable bonds is 5. The summed E-state index contributed by atoms with van der Waals surface area (Å²) in [6.07, 6.45) is 0. The van der Waals surface area contributed by atoms with Crippen LogP contribution in [-0.2, 0) is 27.1 Å². The molecule has 0 atom stereocenters. The molecule has 0 amide bonds. The molecule has 0 N–H and O–H groups in total. The van der Waals surface area contributed by atoms with E-state index in [1.165, 1.54) is 94.3 Å². The second-order valence-electron chi connectivity index (χ2n) is 25.2. The van der Waals surface area contributed by atoms with E-state index in [0.29, 0.717) is 0 Å². The Morgan fingerprint density at radius 1 is 0.394 bits per heavy atom. The highest BCUT2D eigenvalue weighted by Gasteiger charge is 2.47. The molecule has 1 aromatic heterocycles. The maximum absolute atomic E-state index is 2.61. The molecule has 0 fully saturated rings. The zero-order valence-electron chi connectivity index (χ0n) is 44.6. The molecule has 0 saturated carbocycles. The van der Waals surface area contributed by atoms with E-state index in [9.17, 15) is 0 Å². The van der Waals surface area contributed by atoms with E-state index in [4.69, 9.17) is 0 Å². The monoisotopic (exact) mass is 928 g/mol. The molecular formula is C67H70BN3. The van der Waals surface area contributed by atoms with Gasteiger partial charge in [-0.15, -0.1) is 0 Å². The van der Waals surface area contributed by atoms with Gasteiger partial charge in [0.15, 0.2) is 0 Å². The van der Waals surface area contributed by atoms with Gasteiger partial charge in [-0.25, -0.2) is 0 Å². The van der Waals surface area contributed by atoms with Crippen molar-refractivity contribution in [2.45, 2.75) is 124 Å². The third-order valence-corrected chi connectivity index (χ3v) is 15.8. The Morgan fingerprint density at radius 2 is 0.915 bits per heavy atom. The summed E-state index contributed by atoms with van der Waals surface area (Å²) in [7, 11) is 0. The number of hydrogen-bond acceptors (Lipinski definition) is 2. The predicted octanol–water partition coefficient (Wildman–Crippen LogP) is 16.4. The summed E-state index contributed by atoms with van der Waals surface area (Å²) >= 11 is 0. The molecule has 356 valence electrons. The smallest absolute Gasteiger partial charge is 0.247 e. The van der Waals surface area contributed by atoms with Crippen LogP contribution in [0.5, 0.6) is 0 Å². The minimum atomic E-state index is -0.323. The summed E-state index contributed by atoms with van der Waals surface area (Å²) in [5.74, 6) is 0. The van der Waals surface area contributed by atoms with Crippen molar-refractivity contribution in [1.29, 1.82) is 0 Å². The second kappa shape index (κ2) is 16.1. The van der Waals surface area contributed by atoms with Gasteiger partial charge in [0.2, 0.25) is 6.71 Å². The summed E-state index contributed by atoms with van der Waals surface area (Å²) in [5.41, 5.74) is 22.6. The van der Waals surface area contributed by atoms with Crippen LogP contribution in [0.1, 0.15) is 130 Å². The van der Waals surface area contributed by atoms with Crippen LogP contribution >= 0.6 is 0 Å². The average Bonchev–Trinajstić information content (AvgIpc) is 3.64. The fourth-order valence-electron chi connectivity index (χ4n) is 11.6. The third kappa shape index (κ3) is 7.72. The van der Waals surface area contributed by atoms with Crippen molar-refractivity contribution in [1.82, 2.24) is 4.57 Å². The lowest BCUT2D eigenvalue weighted by Gasteiger charge is -2.46. The maximum atomic E-state index is 2.61. The Kier molecular flexibility index (Phi) is 10.6. The number of aromatic nitrogens is 1. The second-order valence-corrected chi connectivity index (χ2v) is 25.2. The van der Waals surface area contributed by atoms with Crippen molar-refractivity contribution < 1.29 is 0 Å². The minimum absolute atomic E-state index is 0.00624. The van der Waals surface area contributed by atoms with Crippen molar-refractivity contribution in [2.75, 3.05) is 9.80 Å². The number of fused-ring (bicyclic) bond motifs is 7. The lowest BCUT2D eigenvalue weighted by Crippen LogP contribution is -2.64. The zero-order valence-corrected chi connectivity index (χ0v) is 44.6. The van der Waals surface area contributed by atoms with Crippen molar-refractivity contribution in [3.8, 4) is 5.69 Å². The molecule has 0 spiro atoms. The molecule has 3 nitrogen and oxygen atoms in total. The number of anilines is 6. The Labute approximate surface area is 424 Å². The van der Waals surface area contributed by atoms with Crippen molar-refractivity contribution in [2.24, 2.45) is 0 Å². The van der Waals surface area contributed by atoms with Crippen LogP contribution < -0.4 is 26.2 Å². The molecule has 0 radical (unpaired) electrons. The zero-order chi connectivity index (χ0) is 50.2. The lowest BCUT2D eigenvalue weighted by atomic mass is 9.30. The Morgan fingerprint density at radius 3 is 1.46 bits per heavy atom. The van der Waals surface area contributed by atoms with Crippen LogP contribution in [0.3, 0.4) is 0 Å². The first-order valence-electron chi connectivity index (χ1n) is 25.9. The molecule has 8 aromatic carbocycles. The van der Waals surface area contributed by atoms with Gasteiger partial charge in [-0.2, -0.15) is 0 Å². The quantitative estimate of drug-likeness (QED) is 0.159. The Balaban J connectivity index is 1.24. The van der Waals surface area contributed by atoms with Crippen LogP contribution in [0.25, 0.3) is 27.5 Å². The predicted molar refractivity (Wildman–Crippen MR) is 308 cm³/mol. The molecule has 0 bridgehead atoms. The highest BCUT2D eigenvalue weighted by molar-refractivity contribution is 6.99. The van der Waals surface area contributed by atoms with Gasteiger partial charge in [0.25, 0.3) is 0 Å². The highest BCUT2D eigenvalue weighted by Crippen LogP contribution is 2.48. The summed E-state index contributed by atoms with van der Waals surface area (Å²) in [6, 6.07) is 65.2. The van der Waals surface area contributed by atoms with Crippen LogP contribution in [-0.4, -0.2) is 11.3 Å². The fraction of sp³-hybridized carbons (Fsp3) is 0.284. The largest absolute Gasteiger partial charge is 0.311 e. The van der Waals surface area contributed by atoms with E-state index in [1.54, 1.807) is 0 Å². The molecule has 3 heterocycles. The summed E-state index contributed by atoms with van der Waals surface area (Å²) < 4.78 is 2.54. The molecule has 71 heavy (non-hydrogen) atoms. The van der Waals surface area contributed by atoms with Crippen LogP contribution in [0.4, 0.5) is 34.1 Å². The average molecular weight is 928 g/mol. The molecule has 0 saturated heterocycles. The van der Waals surface area contributed by atoms with E-state index in [1.807, 2.05) is 0 Å². The summed E-state index contributed by atoms with van der Waals surface area (Å²) in [5, 5.41) is 2.60. The molecule has 4 heteroatoms. The van der Waals surface area contributed by atoms with E-state index in [2.05, 4.69) is 281 Å². The molecule has 0 unspecified atom stereocenters. The first-order valence-corrected chi connectivity index (χ1v) is 25.9. The van der Waals surface area contributed by atoms with Gasteiger partial charge in [-0.3, -0.25) is 0 Å². The highest BCUT2D eigenvalue weighted by atomic mass is 15.2. The summed E-state index contributed by atoms with van der Waals surface area (Å²) in [4.78, 5) is 5.01. The summed E-state index contributed by atoms with van der Waals surface area (Å²) in [6.45, 7) is 32.9. The number of benzene rings is 8. The fourth-order valence-corrected chi connectivity index (χ4v) is 11.6. The van der Waals surface area contributed by atoms with Gasteiger partial charge in [0.1, 0.15) is 0 Å². The maximum Gasteiger partial charge on any atom is 0.247 e. The SMILES string of the molecule is CC(C)(C)c1ccc(N2c3cc(N(c4ccccc4)c4ccccc4)ccc3B3c4cc5c6cc(C(C)(C)C)ccc6n(-c6ccc(C(C)(C)C)cc6)c5cc4C(C)(C)c4cc(C(C)(C)C)cc2c43)cc1. The Hall–Kier alpha value is -6.78. The molecule has 2 aliphatic heterocycles. The molecule has 11 rings (SSSR count). The van der Waals surface area contributed by atoms with Gasteiger partial charge in [0, 0.05) is 56.0 Å². The Bertz CT molecular complexity index is 3470. The van der Waals surface area contributed by atoms with Crippen LogP contribution in [0.15, 0.2) is 170 Å². The van der Waals surface area contributed by atoms with Gasteiger partial charge < -0.3 is 14.4 Å². The number of para-hydroxylation sites is 2. The van der Waals surface area contributed by atoms with E-state index in [0.717, 1.165) is 17.1 Å². The van der Waals surface area contributed by atoms with Crippen LogP contribution in [0, 0.1) is 0 Å². The van der Waals surface area contributed by atoms with Crippen molar-refractivity contribution in [3.63, 3.8) is 0 Å². The van der Waals surface area contributed by atoms with Crippen molar-refractivity contribution in [3.05, 3.63) is 203 Å². The third-order valence-electron chi connectivity index (χ3n) is 15.8. The standard InChI is InChI=1S/C67H70BN3/c1-63(2,3)43-25-30-49(31-26-43)70-58-36-29-45(65(7,8)9)37-52(58)53-41-57-54(42-59(53)70)67(13,14)55-38-46(66(10,11)12)39-61-62(55)68(57)56-35-34-51(69(47-21-17-15-18-22-47)48-23-19-16-20-24-48)40-60(56)71(61)50-32-27-44(28-33-50)64(4,5)6/h15-42H,1-14H3. The number of nitrogens with zero attached hydrogens (tertiary/aromatic N) is 3. The van der Waals surface area contributed by atoms with Gasteiger partial charge >= 0.3 is 0 Å². The van der Waals surface area contributed by atoms with Crippen molar-refractivity contribution >= 4 is 79.0 Å². The molecule has 9 aromatic rings. The van der Waals surface area contributed by atoms with E-state index < -0.39 is 0 Å². The minimum Gasteiger partial charge on any atom is -0.311 e. The molecular weight excluding hydrogens is 858 g/mol. The topological polar surface area (TPSA) is 11.4 Å². The molecule has 0 aliphatic carbocycles. The number of hydrogen-bond donors (Lipinski definition) is 0.